The molecule has 58 heavy (non-hydrogen) atoms. The van der Waals surface area contributed by atoms with Crippen LogP contribution in [-0.4, -0.2) is 0 Å². The van der Waals surface area contributed by atoms with E-state index >= 15 is 0 Å². The predicted molar refractivity (Wildman–Crippen MR) is 250 cm³/mol. The summed E-state index contributed by atoms with van der Waals surface area (Å²) in [6, 6.07) is 71.1. The Balaban J connectivity index is 1.13. The van der Waals surface area contributed by atoms with Crippen LogP contribution in [0.25, 0.3) is 50.1 Å². The number of hydrogen-bond donors (Lipinski definition) is 2. The Morgan fingerprint density at radius 3 is 1.81 bits per heavy atom. The molecule has 1 aliphatic rings. The van der Waals surface area contributed by atoms with Gasteiger partial charge < -0.3 is 10.2 Å². The highest BCUT2D eigenvalue weighted by Crippen LogP contribution is 2.45. The van der Waals surface area contributed by atoms with Gasteiger partial charge >= 0.3 is 0 Å². The summed E-state index contributed by atoms with van der Waals surface area (Å²) in [5.41, 5.74) is 17.0. The van der Waals surface area contributed by atoms with Gasteiger partial charge in [-0.3, -0.25) is 0 Å². The van der Waals surface area contributed by atoms with Crippen molar-refractivity contribution in [3.05, 3.63) is 230 Å². The molecule has 9 rings (SSSR count). The van der Waals surface area contributed by atoms with Gasteiger partial charge in [0.25, 0.3) is 0 Å². The number of benzene rings is 8. The number of nitrogens with zero attached hydrogens (tertiary/aromatic N) is 1. The van der Waals surface area contributed by atoms with E-state index in [1.54, 1.807) is 0 Å². The lowest BCUT2D eigenvalue weighted by atomic mass is 9.78. The third-order valence-electron chi connectivity index (χ3n) is 11.4. The molecule has 8 aromatic rings. The smallest absolute Gasteiger partial charge is 0.0530 e. The first-order valence-electron chi connectivity index (χ1n) is 19.9. The molecule has 0 saturated heterocycles. The minimum absolute atomic E-state index is 0.0534. The third-order valence-corrected chi connectivity index (χ3v) is 11.7. The maximum Gasteiger partial charge on any atom is 0.0530 e. The SMILES string of the molecule is C=C1c2ccccc2N(c2cccc(-c3ccccc3)c2)/C=C\C(c2ccc(Nc3ccc(-c4ccccc4)cc3)c(-c3ccc(-c4ccccc4)c(S)c3)c2)C1C. The van der Waals surface area contributed by atoms with Crippen molar-refractivity contribution in [2.45, 2.75) is 17.7 Å². The van der Waals surface area contributed by atoms with E-state index in [1.807, 2.05) is 6.07 Å². The summed E-state index contributed by atoms with van der Waals surface area (Å²) in [4.78, 5) is 3.25. The molecule has 0 bridgehead atoms. The van der Waals surface area contributed by atoms with Crippen LogP contribution < -0.4 is 10.2 Å². The maximum atomic E-state index is 5.04. The van der Waals surface area contributed by atoms with E-state index in [-0.39, 0.29) is 11.8 Å². The molecule has 2 atom stereocenters. The van der Waals surface area contributed by atoms with E-state index in [9.17, 15) is 0 Å². The van der Waals surface area contributed by atoms with Gasteiger partial charge in [0.05, 0.1) is 5.69 Å². The highest BCUT2D eigenvalue weighted by molar-refractivity contribution is 7.80. The van der Waals surface area contributed by atoms with Gasteiger partial charge in [-0.25, -0.2) is 0 Å². The van der Waals surface area contributed by atoms with Crippen molar-refractivity contribution in [2.75, 3.05) is 10.2 Å². The molecule has 2 unspecified atom stereocenters. The fraction of sp³-hybridized carbons (Fsp3) is 0.0545. The van der Waals surface area contributed by atoms with Crippen molar-refractivity contribution < 1.29 is 0 Å². The summed E-state index contributed by atoms with van der Waals surface area (Å²) in [5, 5.41) is 3.78. The topological polar surface area (TPSA) is 15.3 Å². The molecule has 0 radical (unpaired) electrons. The molecule has 0 aromatic heterocycles. The molecule has 1 N–H and O–H groups in total. The zero-order chi connectivity index (χ0) is 39.4. The molecule has 1 heterocycles. The van der Waals surface area contributed by atoms with Crippen LogP contribution >= 0.6 is 12.6 Å². The minimum atomic E-state index is 0.0534. The molecule has 0 spiro atoms. The van der Waals surface area contributed by atoms with E-state index in [0.29, 0.717) is 0 Å². The lowest BCUT2D eigenvalue weighted by Crippen LogP contribution is -2.18. The molecule has 3 heteroatoms. The van der Waals surface area contributed by atoms with Crippen molar-refractivity contribution in [2.24, 2.45) is 5.92 Å². The molecule has 0 aliphatic carbocycles. The highest BCUT2D eigenvalue weighted by Gasteiger charge is 2.27. The maximum absolute atomic E-state index is 5.04. The lowest BCUT2D eigenvalue weighted by molar-refractivity contribution is 0.657. The Morgan fingerprint density at radius 2 is 1.10 bits per heavy atom. The lowest BCUT2D eigenvalue weighted by Gasteiger charge is -2.32. The van der Waals surface area contributed by atoms with Crippen LogP contribution in [0, 0.1) is 5.92 Å². The molecule has 1 aliphatic heterocycles. The highest BCUT2D eigenvalue weighted by atomic mass is 32.1. The van der Waals surface area contributed by atoms with Gasteiger partial charge in [-0.15, -0.1) is 12.6 Å². The van der Waals surface area contributed by atoms with Gasteiger partial charge in [0.2, 0.25) is 0 Å². The summed E-state index contributed by atoms with van der Waals surface area (Å²) in [5.74, 6) is 0.186. The molecule has 8 aromatic carbocycles. The van der Waals surface area contributed by atoms with Crippen molar-refractivity contribution in [3.8, 4) is 44.5 Å². The Morgan fingerprint density at radius 1 is 0.500 bits per heavy atom. The van der Waals surface area contributed by atoms with E-state index in [4.69, 9.17) is 19.2 Å². The number of anilines is 4. The fourth-order valence-corrected chi connectivity index (χ4v) is 8.49. The first-order valence-corrected chi connectivity index (χ1v) is 20.3. The number of para-hydroxylation sites is 1. The molecule has 0 fully saturated rings. The Hall–Kier alpha value is -6.81. The van der Waals surface area contributed by atoms with Crippen molar-refractivity contribution in [1.82, 2.24) is 0 Å². The van der Waals surface area contributed by atoms with Gasteiger partial charge in [0.1, 0.15) is 0 Å². The number of rotatable bonds is 8. The molecular formula is C55H44N2S. The minimum Gasteiger partial charge on any atom is -0.355 e. The predicted octanol–water partition coefficient (Wildman–Crippen LogP) is 15.5. The van der Waals surface area contributed by atoms with Gasteiger partial charge in [-0.05, 0) is 105 Å². The standard InChI is InChI=1S/C55H44N2S/c1-38-39(2)50-23-12-13-24-54(50)57(48-22-14-21-44(35-48)41-17-8-4-9-18-41)34-33-49(38)45-28-32-53(56-47-29-25-42(26-30-47)40-15-6-3-7-16-40)52(36-45)46-27-31-51(55(58)37-46)43-19-10-5-11-20-43/h3-38,49,56,58H,2H2,1H3/b34-33-. The Labute approximate surface area is 347 Å². The van der Waals surface area contributed by atoms with Crippen molar-refractivity contribution >= 4 is 41.0 Å². The van der Waals surface area contributed by atoms with E-state index in [2.05, 4.69) is 224 Å². The molecule has 2 nitrogen and oxygen atoms in total. The summed E-state index contributed by atoms with van der Waals surface area (Å²) >= 11 is 5.04. The number of nitrogens with one attached hydrogen (secondary N) is 1. The average molecular weight is 765 g/mol. The molecule has 0 saturated carbocycles. The molecule has 280 valence electrons. The number of allylic oxidation sites excluding steroid dienone is 2. The average Bonchev–Trinajstić information content (AvgIpc) is 3.28. The summed E-state index contributed by atoms with van der Waals surface area (Å²) < 4.78 is 0. The Kier molecular flexibility index (Phi) is 10.4. The van der Waals surface area contributed by atoms with Crippen molar-refractivity contribution in [1.29, 1.82) is 0 Å². The van der Waals surface area contributed by atoms with Crippen LogP contribution in [-0.2, 0) is 0 Å². The quantitative estimate of drug-likeness (QED) is 0.150. The van der Waals surface area contributed by atoms with Crippen LogP contribution in [0.1, 0.15) is 24.0 Å². The van der Waals surface area contributed by atoms with Gasteiger partial charge in [0, 0.05) is 45.2 Å². The second-order valence-electron chi connectivity index (χ2n) is 15.0. The summed E-state index contributed by atoms with van der Waals surface area (Å²) in [6.07, 6.45) is 4.62. The van der Waals surface area contributed by atoms with Crippen molar-refractivity contribution in [3.63, 3.8) is 0 Å². The van der Waals surface area contributed by atoms with Crippen LogP contribution in [0.5, 0.6) is 0 Å². The van der Waals surface area contributed by atoms with E-state index in [0.717, 1.165) is 61.0 Å². The largest absolute Gasteiger partial charge is 0.355 e. The van der Waals surface area contributed by atoms with Gasteiger partial charge in [-0.2, -0.15) is 0 Å². The van der Waals surface area contributed by atoms with Crippen LogP contribution in [0.3, 0.4) is 0 Å². The van der Waals surface area contributed by atoms with E-state index < -0.39 is 0 Å². The van der Waals surface area contributed by atoms with Gasteiger partial charge in [0.15, 0.2) is 0 Å². The van der Waals surface area contributed by atoms with Crippen LogP contribution in [0.15, 0.2) is 224 Å². The molecular weight excluding hydrogens is 721 g/mol. The number of fused-ring (bicyclic) bond motifs is 1. The monoisotopic (exact) mass is 764 g/mol. The first-order chi connectivity index (χ1) is 28.5. The zero-order valence-corrected chi connectivity index (χ0v) is 33.4. The number of thiol groups is 1. The molecule has 0 amide bonds. The van der Waals surface area contributed by atoms with Crippen LogP contribution in [0.4, 0.5) is 22.7 Å². The summed E-state index contributed by atoms with van der Waals surface area (Å²) in [6.45, 7) is 7.06. The van der Waals surface area contributed by atoms with Crippen LogP contribution in [0.2, 0.25) is 0 Å². The van der Waals surface area contributed by atoms with E-state index in [1.165, 1.54) is 27.8 Å². The zero-order valence-electron chi connectivity index (χ0n) is 32.5. The normalized spacial score (nSPS) is 15.6. The third kappa shape index (κ3) is 7.53. The second kappa shape index (κ2) is 16.3. The second-order valence-corrected chi connectivity index (χ2v) is 15.4. The first kappa shape index (κ1) is 36.8. The summed E-state index contributed by atoms with van der Waals surface area (Å²) in [7, 11) is 0. The fourth-order valence-electron chi connectivity index (χ4n) is 8.14. The van der Waals surface area contributed by atoms with Gasteiger partial charge in [-0.1, -0.05) is 171 Å². The Bertz CT molecular complexity index is 2740. The number of hydrogen-bond acceptors (Lipinski definition) is 3.